The van der Waals surface area contributed by atoms with Gasteiger partial charge in [-0.25, -0.2) is 0 Å². The van der Waals surface area contributed by atoms with E-state index in [0.29, 0.717) is 0 Å². The zero-order valence-electron chi connectivity index (χ0n) is 5.58. The fraction of sp³-hybridized carbons (Fsp3) is 0.833. The predicted octanol–water partition coefficient (Wildman–Crippen LogP) is 0.632. The van der Waals surface area contributed by atoms with Crippen molar-refractivity contribution in [2.24, 2.45) is 5.92 Å². The van der Waals surface area contributed by atoms with Crippen LogP contribution in [0.25, 0.3) is 0 Å². The van der Waals surface area contributed by atoms with Crippen LogP contribution >= 0.6 is 0 Å². The molecule has 0 spiro atoms. The number of hydrogen-bond donors (Lipinski definition) is 0. The highest BCUT2D eigenvalue weighted by molar-refractivity contribution is 5.82. The average molecular weight is 143 g/mol. The normalized spacial score (nSPS) is 18.0. The molecule has 0 aromatic heterocycles. The van der Waals surface area contributed by atoms with Gasteiger partial charge in [0.2, 0.25) is 5.78 Å². The molecule has 0 amide bonds. The summed E-state index contributed by atoms with van der Waals surface area (Å²) in [6.45, 7) is -0.481. The van der Waals surface area contributed by atoms with Crippen molar-refractivity contribution in [2.45, 2.75) is 19.3 Å². The van der Waals surface area contributed by atoms with Gasteiger partial charge in [-0.1, -0.05) is 6.42 Å². The van der Waals surface area contributed by atoms with Crippen molar-refractivity contribution in [3.63, 3.8) is 0 Å². The Labute approximate surface area is 58.4 Å². The Morgan fingerprint density at radius 2 is 2.20 bits per heavy atom. The molecule has 1 aliphatic rings. The average Bonchev–Trinajstić information content (AvgIpc) is 1.55. The van der Waals surface area contributed by atoms with Crippen LogP contribution in [0.5, 0.6) is 0 Å². The minimum absolute atomic E-state index is 0.00500. The molecular weight excluding hydrogens is 134 g/mol. The van der Waals surface area contributed by atoms with Crippen LogP contribution in [-0.4, -0.2) is 17.3 Å². The summed E-state index contributed by atoms with van der Waals surface area (Å²) in [5, 5.41) is 9.84. The van der Waals surface area contributed by atoms with Crippen molar-refractivity contribution in [1.29, 1.82) is 0 Å². The lowest BCUT2D eigenvalue weighted by atomic mass is 9.82. The van der Waals surface area contributed by atoms with Crippen LogP contribution in [0.15, 0.2) is 0 Å². The molecule has 1 aliphatic carbocycles. The maximum absolute atomic E-state index is 10.8. The molecule has 0 N–H and O–H groups in total. The molecule has 4 nitrogen and oxygen atoms in total. The van der Waals surface area contributed by atoms with E-state index in [-0.39, 0.29) is 11.7 Å². The highest BCUT2D eigenvalue weighted by Crippen LogP contribution is 2.26. The first-order chi connectivity index (χ1) is 4.70. The van der Waals surface area contributed by atoms with E-state index < -0.39 is 11.5 Å². The van der Waals surface area contributed by atoms with Gasteiger partial charge in [0.15, 0.2) is 0 Å². The van der Waals surface area contributed by atoms with Crippen LogP contribution < -0.4 is 0 Å². The second kappa shape index (κ2) is 2.77. The standard InChI is InChI=1S/C6H9NO3/c8-6(4-7(9)10)5-2-1-3-5/h5H,1-4H2. The smallest absolute Gasteiger partial charge is 0.261 e. The van der Waals surface area contributed by atoms with E-state index in [2.05, 4.69) is 0 Å². The zero-order valence-corrected chi connectivity index (χ0v) is 5.58. The summed E-state index contributed by atoms with van der Waals surface area (Å²) in [6, 6.07) is 0. The van der Waals surface area contributed by atoms with Gasteiger partial charge in [0.05, 0.1) is 0 Å². The minimum Gasteiger partial charge on any atom is -0.292 e. The first-order valence-electron chi connectivity index (χ1n) is 3.34. The summed E-state index contributed by atoms with van der Waals surface area (Å²) in [5.41, 5.74) is 0. The van der Waals surface area contributed by atoms with Crippen LogP contribution in [0.2, 0.25) is 0 Å². The van der Waals surface area contributed by atoms with E-state index in [1.807, 2.05) is 0 Å². The van der Waals surface area contributed by atoms with Crippen molar-refractivity contribution in [3.05, 3.63) is 10.1 Å². The Bertz CT molecular complexity index is 162. The lowest BCUT2D eigenvalue weighted by Gasteiger charge is -2.21. The molecule has 1 saturated carbocycles. The van der Waals surface area contributed by atoms with E-state index in [1.54, 1.807) is 0 Å². The third-order valence-corrected chi connectivity index (χ3v) is 1.85. The summed E-state index contributed by atoms with van der Waals surface area (Å²) in [5.74, 6) is -0.193. The number of carbonyl (C=O) groups is 1. The Morgan fingerprint density at radius 1 is 1.60 bits per heavy atom. The molecule has 56 valence electrons. The second-order valence-corrected chi connectivity index (χ2v) is 2.58. The summed E-state index contributed by atoms with van der Waals surface area (Å²) in [7, 11) is 0. The van der Waals surface area contributed by atoms with E-state index in [0.717, 1.165) is 19.3 Å². The van der Waals surface area contributed by atoms with Crippen LogP contribution in [0, 0.1) is 16.0 Å². The van der Waals surface area contributed by atoms with Gasteiger partial charge in [0, 0.05) is 10.8 Å². The molecule has 0 aromatic carbocycles. The molecule has 10 heavy (non-hydrogen) atoms. The molecule has 0 bridgehead atoms. The minimum atomic E-state index is -0.555. The van der Waals surface area contributed by atoms with Crippen molar-refractivity contribution in [3.8, 4) is 0 Å². The molecular formula is C6H9NO3. The van der Waals surface area contributed by atoms with Gasteiger partial charge in [-0.2, -0.15) is 0 Å². The zero-order chi connectivity index (χ0) is 7.56. The van der Waals surface area contributed by atoms with Crippen molar-refractivity contribution in [2.75, 3.05) is 6.54 Å². The quantitative estimate of drug-likeness (QED) is 0.430. The SMILES string of the molecule is O=C(C[N+](=O)[O-])C1CCC1. The molecule has 1 fully saturated rings. The first-order valence-corrected chi connectivity index (χ1v) is 3.34. The fourth-order valence-corrected chi connectivity index (χ4v) is 0.987. The fourth-order valence-electron chi connectivity index (χ4n) is 0.987. The third-order valence-electron chi connectivity index (χ3n) is 1.85. The number of Topliss-reactive ketones (excluding diaryl/α,β-unsaturated/α-hetero) is 1. The summed E-state index contributed by atoms with van der Waals surface area (Å²) >= 11 is 0. The number of rotatable bonds is 3. The second-order valence-electron chi connectivity index (χ2n) is 2.58. The third kappa shape index (κ3) is 1.52. The van der Waals surface area contributed by atoms with Crippen molar-refractivity contribution < 1.29 is 9.72 Å². The van der Waals surface area contributed by atoms with Gasteiger partial charge < -0.3 is 0 Å². The largest absolute Gasteiger partial charge is 0.292 e. The monoisotopic (exact) mass is 143 g/mol. The molecule has 0 unspecified atom stereocenters. The maximum Gasteiger partial charge on any atom is 0.261 e. The molecule has 0 saturated heterocycles. The number of carbonyl (C=O) groups excluding carboxylic acids is 1. The van der Waals surface area contributed by atoms with Crippen molar-refractivity contribution >= 4 is 5.78 Å². The molecule has 0 heterocycles. The summed E-state index contributed by atoms with van der Waals surface area (Å²) in [6.07, 6.45) is 2.76. The summed E-state index contributed by atoms with van der Waals surface area (Å²) < 4.78 is 0. The molecule has 1 rings (SSSR count). The van der Waals surface area contributed by atoms with Crippen LogP contribution in [0.4, 0.5) is 0 Å². The molecule has 4 heteroatoms. The number of hydrogen-bond acceptors (Lipinski definition) is 3. The van der Waals surface area contributed by atoms with Crippen LogP contribution in [-0.2, 0) is 4.79 Å². The lowest BCUT2D eigenvalue weighted by molar-refractivity contribution is -0.468. The molecule has 0 radical (unpaired) electrons. The predicted molar refractivity (Wildman–Crippen MR) is 34.2 cm³/mol. The van der Waals surface area contributed by atoms with Gasteiger partial charge >= 0.3 is 0 Å². The van der Waals surface area contributed by atoms with Crippen LogP contribution in [0.3, 0.4) is 0 Å². The highest BCUT2D eigenvalue weighted by Gasteiger charge is 2.27. The van der Waals surface area contributed by atoms with E-state index in [9.17, 15) is 14.9 Å². The lowest BCUT2D eigenvalue weighted by Crippen LogP contribution is -2.27. The highest BCUT2D eigenvalue weighted by atomic mass is 16.6. The van der Waals surface area contributed by atoms with Gasteiger partial charge in [-0.05, 0) is 12.8 Å². The molecule has 0 atom stereocenters. The number of nitrogens with zero attached hydrogens (tertiary/aromatic N) is 1. The van der Waals surface area contributed by atoms with E-state index >= 15 is 0 Å². The van der Waals surface area contributed by atoms with Gasteiger partial charge in [0.1, 0.15) is 0 Å². The van der Waals surface area contributed by atoms with Gasteiger partial charge in [0.25, 0.3) is 6.54 Å². The topological polar surface area (TPSA) is 60.2 Å². The van der Waals surface area contributed by atoms with Gasteiger partial charge in [-0.15, -0.1) is 0 Å². The first kappa shape index (κ1) is 7.18. The van der Waals surface area contributed by atoms with E-state index in [4.69, 9.17) is 0 Å². The van der Waals surface area contributed by atoms with Crippen LogP contribution in [0.1, 0.15) is 19.3 Å². The molecule has 0 aromatic rings. The maximum atomic E-state index is 10.8. The Morgan fingerprint density at radius 3 is 2.50 bits per heavy atom. The van der Waals surface area contributed by atoms with Gasteiger partial charge in [-0.3, -0.25) is 14.9 Å². The Balaban J connectivity index is 2.27. The number of ketones is 1. The summed E-state index contributed by atoms with van der Waals surface area (Å²) in [4.78, 5) is 20.1. The molecule has 0 aliphatic heterocycles. The number of nitro groups is 1. The Hall–Kier alpha value is -0.930. The Kier molecular flexibility index (Phi) is 1.99. The van der Waals surface area contributed by atoms with E-state index in [1.165, 1.54) is 0 Å². The van der Waals surface area contributed by atoms with Crippen molar-refractivity contribution in [1.82, 2.24) is 0 Å².